The number of carbonyl (C=O) groups is 1. The van der Waals surface area contributed by atoms with Gasteiger partial charge in [0.15, 0.2) is 0 Å². The van der Waals surface area contributed by atoms with Gasteiger partial charge in [0.1, 0.15) is 0 Å². The number of likely N-dealkylation sites (N-methyl/N-ethyl adjacent to an activating group) is 1. The minimum Gasteiger partial charge on any atom is -0.382 e. The number of amides is 1. The summed E-state index contributed by atoms with van der Waals surface area (Å²) >= 11 is 0. The van der Waals surface area contributed by atoms with Crippen molar-refractivity contribution in [1.29, 1.82) is 5.26 Å². The molecule has 1 aliphatic heterocycles. The van der Waals surface area contributed by atoms with Crippen LogP contribution in [0.1, 0.15) is 35.2 Å². The molecule has 1 saturated carbocycles. The van der Waals surface area contributed by atoms with Gasteiger partial charge in [-0.3, -0.25) is 4.79 Å². The van der Waals surface area contributed by atoms with Crippen LogP contribution in [-0.4, -0.2) is 30.4 Å². The maximum absolute atomic E-state index is 12.2. The molecule has 0 spiro atoms. The Bertz CT molecular complexity index is 576. The van der Waals surface area contributed by atoms with Crippen molar-refractivity contribution in [2.75, 3.05) is 18.9 Å². The quantitative estimate of drug-likeness (QED) is 0.897. The van der Waals surface area contributed by atoms with Gasteiger partial charge in [-0.15, -0.1) is 0 Å². The lowest BCUT2D eigenvalue weighted by atomic mass is 9.98. The number of anilines is 1. The maximum Gasteiger partial charge on any atom is 0.253 e. The molecule has 1 fully saturated rings. The van der Waals surface area contributed by atoms with Crippen LogP contribution in [0.4, 0.5) is 5.69 Å². The van der Waals surface area contributed by atoms with E-state index >= 15 is 0 Å². The van der Waals surface area contributed by atoms with E-state index in [0.717, 1.165) is 49.0 Å². The molecule has 2 atom stereocenters. The third-order valence-corrected chi connectivity index (χ3v) is 4.39. The standard InChI is InChI=1S/C16H19N3O/c1-19-7-6-12-3-5-14(9-15(12)16(19)20)18-13-4-2-11(8-13)10-17/h3,5,9,11,13,18H,2,4,6-8H2,1H3. The largest absolute Gasteiger partial charge is 0.382 e. The van der Waals surface area contributed by atoms with E-state index < -0.39 is 0 Å². The third kappa shape index (κ3) is 2.36. The van der Waals surface area contributed by atoms with Gasteiger partial charge < -0.3 is 10.2 Å². The number of nitriles is 1. The maximum atomic E-state index is 12.2. The van der Waals surface area contributed by atoms with E-state index in [1.807, 2.05) is 13.1 Å². The molecule has 4 nitrogen and oxygen atoms in total. The number of nitrogens with zero attached hydrogens (tertiary/aromatic N) is 2. The van der Waals surface area contributed by atoms with Gasteiger partial charge in [0.05, 0.1) is 6.07 Å². The molecule has 1 heterocycles. The van der Waals surface area contributed by atoms with Crippen molar-refractivity contribution in [3.63, 3.8) is 0 Å². The van der Waals surface area contributed by atoms with Crippen LogP contribution >= 0.6 is 0 Å². The van der Waals surface area contributed by atoms with Crippen LogP contribution in [0.3, 0.4) is 0 Å². The molecule has 2 unspecified atom stereocenters. The van der Waals surface area contributed by atoms with Crippen LogP contribution in [0.5, 0.6) is 0 Å². The first-order chi connectivity index (χ1) is 9.67. The van der Waals surface area contributed by atoms with E-state index in [4.69, 9.17) is 5.26 Å². The number of carbonyl (C=O) groups excluding carboxylic acids is 1. The Morgan fingerprint density at radius 3 is 3.00 bits per heavy atom. The summed E-state index contributed by atoms with van der Waals surface area (Å²) in [6.07, 6.45) is 3.84. The average molecular weight is 269 g/mol. The number of rotatable bonds is 2. The zero-order valence-electron chi connectivity index (χ0n) is 11.7. The molecule has 0 saturated heterocycles. The first-order valence-corrected chi connectivity index (χ1v) is 7.22. The second kappa shape index (κ2) is 5.16. The molecule has 1 aromatic rings. The first-order valence-electron chi connectivity index (χ1n) is 7.22. The summed E-state index contributed by atoms with van der Waals surface area (Å²) in [5, 5.41) is 12.4. The monoisotopic (exact) mass is 269 g/mol. The molecular weight excluding hydrogens is 250 g/mol. The van der Waals surface area contributed by atoms with Crippen molar-refractivity contribution in [2.24, 2.45) is 5.92 Å². The highest BCUT2D eigenvalue weighted by Crippen LogP contribution is 2.29. The smallest absolute Gasteiger partial charge is 0.253 e. The minimum atomic E-state index is 0.108. The molecule has 0 aromatic heterocycles. The number of hydrogen-bond donors (Lipinski definition) is 1. The van der Waals surface area contributed by atoms with E-state index in [-0.39, 0.29) is 11.8 Å². The molecule has 104 valence electrons. The molecule has 1 aliphatic carbocycles. The van der Waals surface area contributed by atoms with E-state index in [9.17, 15) is 4.79 Å². The number of hydrogen-bond acceptors (Lipinski definition) is 3. The number of nitrogens with one attached hydrogen (secondary N) is 1. The lowest BCUT2D eigenvalue weighted by Crippen LogP contribution is -2.34. The average Bonchev–Trinajstić information content (AvgIpc) is 2.91. The van der Waals surface area contributed by atoms with Crippen molar-refractivity contribution < 1.29 is 4.79 Å². The third-order valence-electron chi connectivity index (χ3n) is 4.39. The molecule has 20 heavy (non-hydrogen) atoms. The Kier molecular flexibility index (Phi) is 3.35. The highest BCUT2D eigenvalue weighted by atomic mass is 16.2. The van der Waals surface area contributed by atoms with E-state index in [1.165, 1.54) is 0 Å². The summed E-state index contributed by atoms with van der Waals surface area (Å²) in [6, 6.07) is 8.77. The molecule has 1 aromatic carbocycles. The summed E-state index contributed by atoms with van der Waals surface area (Å²) in [5.41, 5.74) is 2.95. The summed E-state index contributed by atoms with van der Waals surface area (Å²) < 4.78 is 0. The van der Waals surface area contributed by atoms with Crippen molar-refractivity contribution >= 4 is 11.6 Å². The fourth-order valence-electron chi connectivity index (χ4n) is 3.14. The number of fused-ring (bicyclic) bond motifs is 1. The lowest BCUT2D eigenvalue weighted by molar-refractivity contribution is 0.0781. The van der Waals surface area contributed by atoms with Gasteiger partial charge in [-0.2, -0.15) is 5.26 Å². The first kappa shape index (κ1) is 13.0. The molecule has 0 radical (unpaired) electrons. The van der Waals surface area contributed by atoms with Crippen molar-refractivity contribution in [3.8, 4) is 6.07 Å². The predicted octanol–water partition coefficient (Wildman–Crippen LogP) is 2.42. The molecule has 2 aliphatic rings. The van der Waals surface area contributed by atoms with Gasteiger partial charge in [0, 0.05) is 36.8 Å². The molecule has 1 amide bonds. The highest BCUT2D eigenvalue weighted by Gasteiger charge is 2.25. The van der Waals surface area contributed by atoms with Crippen LogP contribution in [-0.2, 0) is 6.42 Å². The van der Waals surface area contributed by atoms with E-state index in [2.05, 4.69) is 23.5 Å². The normalized spacial score (nSPS) is 25.2. The van der Waals surface area contributed by atoms with E-state index in [1.54, 1.807) is 4.90 Å². The Labute approximate surface area is 119 Å². The molecular formula is C16H19N3O. The van der Waals surface area contributed by atoms with Crippen LogP contribution < -0.4 is 5.32 Å². The fourth-order valence-corrected chi connectivity index (χ4v) is 3.14. The van der Waals surface area contributed by atoms with Gasteiger partial charge in [-0.05, 0) is 43.4 Å². The minimum absolute atomic E-state index is 0.108. The topological polar surface area (TPSA) is 56.1 Å². The Morgan fingerprint density at radius 1 is 1.40 bits per heavy atom. The predicted molar refractivity (Wildman–Crippen MR) is 77.5 cm³/mol. The van der Waals surface area contributed by atoms with E-state index in [0.29, 0.717) is 6.04 Å². The van der Waals surface area contributed by atoms with Gasteiger partial charge >= 0.3 is 0 Å². The van der Waals surface area contributed by atoms with Gasteiger partial charge in [0.2, 0.25) is 0 Å². The molecule has 0 bridgehead atoms. The number of benzene rings is 1. The SMILES string of the molecule is CN1CCc2ccc(NC3CCC(C#N)C3)cc2C1=O. The summed E-state index contributed by atoms with van der Waals surface area (Å²) in [7, 11) is 1.85. The second-order valence-electron chi connectivity index (χ2n) is 5.83. The lowest BCUT2D eigenvalue weighted by Gasteiger charge is -2.25. The molecule has 1 N–H and O–H groups in total. The zero-order valence-corrected chi connectivity index (χ0v) is 11.7. The fraction of sp³-hybridized carbons (Fsp3) is 0.500. The summed E-state index contributed by atoms with van der Waals surface area (Å²) in [6.45, 7) is 0.797. The molecule has 3 rings (SSSR count). The van der Waals surface area contributed by atoms with Crippen LogP contribution in [0.2, 0.25) is 0 Å². The Balaban J connectivity index is 1.76. The Morgan fingerprint density at radius 2 is 2.25 bits per heavy atom. The molecule has 4 heteroatoms. The van der Waals surface area contributed by atoms with Crippen molar-refractivity contribution in [1.82, 2.24) is 4.90 Å². The van der Waals surface area contributed by atoms with Crippen LogP contribution in [0.15, 0.2) is 18.2 Å². The van der Waals surface area contributed by atoms with Crippen LogP contribution in [0, 0.1) is 17.2 Å². The van der Waals surface area contributed by atoms with Gasteiger partial charge in [-0.25, -0.2) is 0 Å². The second-order valence-corrected chi connectivity index (χ2v) is 5.83. The zero-order chi connectivity index (χ0) is 14.1. The van der Waals surface area contributed by atoms with Crippen LogP contribution in [0.25, 0.3) is 0 Å². The Hall–Kier alpha value is -2.02. The van der Waals surface area contributed by atoms with Crippen molar-refractivity contribution in [2.45, 2.75) is 31.7 Å². The highest BCUT2D eigenvalue weighted by molar-refractivity contribution is 5.97. The summed E-state index contributed by atoms with van der Waals surface area (Å²) in [5.74, 6) is 0.286. The van der Waals surface area contributed by atoms with Gasteiger partial charge in [0.25, 0.3) is 5.91 Å². The summed E-state index contributed by atoms with van der Waals surface area (Å²) in [4.78, 5) is 13.9. The van der Waals surface area contributed by atoms with Crippen molar-refractivity contribution in [3.05, 3.63) is 29.3 Å². The van der Waals surface area contributed by atoms with Gasteiger partial charge in [-0.1, -0.05) is 6.07 Å².